The van der Waals surface area contributed by atoms with Gasteiger partial charge in [-0.15, -0.1) is 4.40 Å². The van der Waals surface area contributed by atoms with Crippen LogP contribution in [0.15, 0.2) is 57.8 Å². The van der Waals surface area contributed by atoms with Crippen LogP contribution in [0.1, 0.15) is 22.8 Å². The summed E-state index contributed by atoms with van der Waals surface area (Å²) in [5, 5.41) is 8.91. The van der Waals surface area contributed by atoms with Gasteiger partial charge in [0.15, 0.2) is 0 Å². The largest absolute Gasteiger partial charge is 0.478 e. The molecule has 0 aliphatic carbocycles. The number of benzene rings is 2. The number of hydrogen-bond donors (Lipinski definition) is 1. The molecule has 2 aromatic carbocycles. The number of aryl methyl sites for hydroxylation is 1. The second-order valence-corrected chi connectivity index (χ2v) is 6.78. The maximum atomic E-state index is 12.2. The minimum absolute atomic E-state index is 0.127. The van der Waals surface area contributed by atoms with Gasteiger partial charge in [0, 0.05) is 12.2 Å². The zero-order chi connectivity index (χ0) is 17.7. The van der Waals surface area contributed by atoms with E-state index in [4.69, 9.17) is 5.11 Å². The van der Waals surface area contributed by atoms with Crippen molar-refractivity contribution in [2.24, 2.45) is 4.40 Å². The Hall–Kier alpha value is -2.67. The maximum Gasteiger partial charge on any atom is 0.335 e. The van der Waals surface area contributed by atoms with Gasteiger partial charge in [-0.1, -0.05) is 17.7 Å². The molecule has 1 N–H and O–H groups in total. The normalized spacial score (nSPS) is 11.6. The quantitative estimate of drug-likeness (QED) is 0.642. The van der Waals surface area contributed by atoms with Crippen molar-refractivity contribution in [2.45, 2.75) is 18.7 Å². The fourth-order valence-corrected chi connectivity index (χ4v) is 2.86. The first-order valence-electron chi connectivity index (χ1n) is 7.30. The fourth-order valence-electron chi connectivity index (χ4n) is 2.02. The third-order valence-electron chi connectivity index (χ3n) is 3.43. The van der Waals surface area contributed by atoms with Crippen LogP contribution in [0, 0.1) is 6.92 Å². The zero-order valence-corrected chi connectivity index (χ0v) is 14.2. The van der Waals surface area contributed by atoms with Gasteiger partial charge in [-0.2, -0.15) is 8.42 Å². The summed E-state index contributed by atoms with van der Waals surface area (Å²) in [6, 6.07) is 12.6. The third kappa shape index (κ3) is 4.20. The van der Waals surface area contributed by atoms with E-state index in [0.717, 1.165) is 5.56 Å². The Morgan fingerprint density at radius 2 is 1.71 bits per heavy atom. The molecule has 2 aromatic rings. The van der Waals surface area contributed by atoms with E-state index >= 15 is 0 Å². The lowest BCUT2D eigenvalue weighted by Gasteiger charge is -2.17. The molecule has 0 spiro atoms. The summed E-state index contributed by atoms with van der Waals surface area (Å²) in [5.74, 6) is -1.01. The van der Waals surface area contributed by atoms with E-state index in [1.165, 1.54) is 30.6 Å². The molecule has 2 rings (SSSR count). The number of sulfonamides is 1. The summed E-state index contributed by atoms with van der Waals surface area (Å²) in [6.07, 6.45) is 1.24. The first-order chi connectivity index (χ1) is 11.3. The predicted octanol–water partition coefficient (Wildman–Crippen LogP) is 2.94. The number of carbonyl (C=O) groups is 1. The van der Waals surface area contributed by atoms with Crippen LogP contribution in [0.2, 0.25) is 0 Å². The zero-order valence-electron chi connectivity index (χ0n) is 13.4. The number of nitrogens with zero attached hydrogens (tertiary/aromatic N) is 2. The number of carboxylic acid groups (broad SMARTS) is 1. The lowest BCUT2D eigenvalue weighted by atomic mass is 10.2. The molecule has 0 aliphatic rings. The Labute approximate surface area is 141 Å². The number of rotatable bonds is 6. The Kier molecular flexibility index (Phi) is 5.35. The van der Waals surface area contributed by atoms with Crippen molar-refractivity contribution in [3.05, 3.63) is 59.7 Å². The van der Waals surface area contributed by atoms with Crippen molar-refractivity contribution >= 4 is 28.0 Å². The number of anilines is 1. The van der Waals surface area contributed by atoms with Crippen molar-refractivity contribution in [1.29, 1.82) is 0 Å². The highest BCUT2D eigenvalue weighted by molar-refractivity contribution is 7.90. The molecule has 0 unspecified atom stereocenters. The minimum atomic E-state index is -3.78. The monoisotopic (exact) mass is 346 g/mol. The second-order valence-electron chi connectivity index (χ2n) is 5.15. The Balaban J connectivity index is 2.23. The smallest absolute Gasteiger partial charge is 0.335 e. The first-order valence-corrected chi connectivity index (χ1v) is 8.74. The van der Waals surface area contributed by atoms with Gasteiger partial charge >= 0.3 is 5.97 Å². The molecular formula is C17H18N2O4S. The summed E-state index contributed by atoms with van der Waals surface area (Å²) in [6.45, 7) is 4.20. The molecule has 0 amide bonds. The SMILES string of the molecule is CCN(/C=N/S(=O)(=O)c1ccc(C)cc1)c1ccc(C(=O)O)cc1. The van der Waals surface area contributed by atoms with Crippen LogP contribution in [-0.2, 0) is 10.0 Å². The first kappa shape index (κ1) is 17.7. The van der Waals surface area contributed by atoms with Crippen molar-refractivity contribution in [2.75, 3.05) is 11.4 Å². The average Bonchev–Trinajstić information content (AvgIpc) is 2.56. The molecule has 0 radical (unpaired) electrons. The van der Waals surface area contributed by atoms with Crippen LogP contribution in [0.25, 0.3) is 0 Å². The molecule has 0 aromatic heterocycles. The van der Waals surface area contributed by atoms with E-state index in [-0.39, 0.29) is 10.5 Å². The summed E-state index contributed by atoms with van der Waals surface area (Å²) in [4.78, 5) is 12.6. The third-order valence-corrected chi connectivity index (χ3v) is 4.67. The minimum Gasteiger partial charge on any atom is -0.478 e. The lowest BCUT2D eigenvalue weighted by Crippen LogP contribution is -2.21. The van der Waals surface area contributed by atoms with Gasteiger partial charge in [-0.05, 0) is 50.2 Å². The number of hydrogen-bond acceptors (Lipinski definition) is 3. The Morgan fingerprint density at radius 1 is 1.12 bits per heavy atom. The lowest BCUT2D eigenvalue weighted by molar-refractivity contribution is 0.0697. The molecule has 0 fully saturated rings. The maximum absolute atomic E-state index is 12.2. The van der Waals surface area contributed by atoms with Gasteiger partial charge in [0.25, 0.3) is 10.0 Å². The molecule has 6 nitrogen and oxygen atoms in total. The molecule has 0 bridgehead atoms. The molecule has 0 aliphatic heterocycles. The van der Waals surface area contributed by atoms with Crippen molar-refractivity contribution in [1.82, 2.24) is 0 Å². The molecule has 0 saturated carbocycles. The van der Waals surface area contributed by atoms with Gasteiger partial charge in [-0.3, -0.25) is 0 Å². The number of carboxylic acids is 1. The van der Waals surface area contributed by atoms with Crippen LogP contribution in [0.5, 0.6) is 0 Å². The topological polar surface area (TPSA) is 87.0 Å². The van der Waals surface area contributed by atoms with E-state index in [1.54, 1.807) is 29.2 Å². The standard InChI is InChI=1S/C17H18N2O4S/c1-3-19(15-8-6-14(7-9-15)17(20)21)12-18-24(22,23)16-10-4-13(2)5-11-16/h4-12H,3H2,1-2H3,(H,20,21)/b18-12+. The molecular weight excluding hydrogens is 328 g/mol. The van der Waals surface area contributed by atoms with Gasteiger partial charge < -0.3 is 10.0 Å². The van der Waals surface area contributed by atoms with Crippen LogP contribution in [-0.4, -0.2) is 32.4 Å². The molecule has 0 saturated heterocycles. The highest BCUT2D eigenvalue weighted by Crippen LogP contribution is 2.16. The Bertz CT molecular complexity index is 841. The van der Waals surface area contributed by atoms with Crippen LogP contribution in [0.3, 0.4) is 0 Å². The fraction of sp³-hybridized carbons (Fsp3) is 0.176. The van der Waals surface area contributed by atoms with Crippen LogP contribution in [0.4, 0.5) is 5.69 Å². The molecule has 7 heteroatoms. The predicted molar refractivity (Wildman–Crippen MR) is 93.3 cm³/mol. The van der Waals surface area contributed by atoms with Gasteiger partial charge in [0.1, 0.15) is 6.34 Å². The van der Waals surface area contributed by atoms with Crippen molar-refractivity contribution in [3.63, 3.8) is 0 Å². The summed E-state index contributed by atoms with van der Waals surface area (Å²) in [5.41, 5.74) is 1.79. The molecule has 24 heavy (non-hydrogen) atoms. The van der Waals surface area contributed by atoms with Crippen molar-refractivity contribution < 1.29 is 18.3 Å². The molecule has 0 atom stereocenters. The molecule has 126 valence electrons. The van der Waals surface area contributed by atoms with E-state index in [9.17, 15) is 13.2 Å². The van der Waals surface area contributed by atoms with Crippen molar-refractivity contribution in [3.8, 4) is 0 Å². The Morgan fingerprint density at radius 3 is 2.21 bits per heavy atom. The van der Waals surface area contributed by atoms with Gasteiger partial charge in [-0.25, -0.2) is 4.79 Å². The average molecular weight is 346 g/mol. The van der Waals surface area contributed by atoms with Gasteiger partial charge in [0.05, 0.1) is 10.5 Å². The van der Waals surface area contributed by atoms with E-state index in [1.807, 2.05) is 13.8 Å². The van der Waals surface area contributed by atoms with Crippen LogP contribution >= 0.6 is 0 Å². The summed E-state index contributed by atoms with van der Waals surface area (Å²) >= 11 is 0. The van der Waals surface area contributed by atoms with E-state index in [0.29, 0.717) is 12.2 Å². The number of aromatic carboxylic acids is 1. The molecule has 0 heterocycles. The van der Waals surface area contributed by atoms with E-state index in [2.05, 4.69) is 4.40 Å². The second kappa shape index (κ2) is 7.27. The van der Waals surface area contributed by atoms with Gasteiger partial charge in [0.2, 0.25) is 0 Å². The highest BCUT2D eigenvalue weighted by atomic mass is 32.2. The van der Waals surface area contributed by atoms with E-state index < -0.39 is 16.0 Å². The summed E-state index contributed by atoms with van der Waals surface area (Å²) in [7, 11) is -3.78. The highest BCUT2D eigenvalue weighted by Gasteiger charge is 2.12. The van der Waals surface area contributed by atoms with Crippen LogP contribution < -0.4 is 4.90 Å². The summed E-state index contributed by atoms with van der Waals surface area (Å²) < 4.78 is 28.2.